The van der Waals surface area contributed by atoms with Crippen LogP contribution in [0.3, 0.4) is 0 Å². The van der Waals surface area contributed by atoms with Crippen molar-refractivity contribution in [1.29, 1.82) is 0 Å². The number of Topliss-reactive ketones (excluding diaryl/α,β-unsaturated/α-hetero) is 1. The SMILES string of the molecule is C/C=C(\C=C(\C)CC1=C2N=C(N(CC)CC)N=C2C2=CCCC=C2C1=O)N1CCN(C)CC1. The second kappa shape index (κ2) is 10.0. The lowest BCUT2D eigenvalue weighted by molar-refractivity contribution is -0.112. The average molecular weight is 448 g/mol. The highest BCUT2D eigenvalue weighted by molar-refractivity contribution is 6.34. The number of fused-ring (bicyclic) bond motifs is 3. The molecule has 4 rings (SSSR count). The molecular weight excluding hydrogens is 410 g/mol. The Morgan fingerprint density at radius 3 is 2.36 bits per heavy atom. The van der Waals surface area contributed by atoms with Gasteiger partial charge in [-0.25, -0.2) is 9.98 Å². The Morgan fingerprint density at radius 1 is 1.06 bits per heavy atom. The van der Waals surface area contributed by atoms with Gasteiger partial charge in [0.25, 0.3) is 0 Å². The van der Waals surface area contributed by atoms with E-state index in [0.29, 0.717) is 6.42 Å². The van der Waals surface area contributed by atoms with Crippen molar-refractivity contribution in [2.45, 2.75) is 47.0 Å². The molecule has 2 heterocycles. The largest absolute Gasteiger partial charge is 0.369 e. The van der Waals surface area contributed by atoms with Gasteiger partial charge in [-0.2, -0.15) is 0 Å². The van der Waals surface area contributed by atoms with Crippen molar-refractivity contribution in [3.05, 3.63) is 58.0 Å². The maximum Gasteiger partial charge on any atom is 0.226 e. The summed E-state index contributed by atoms with van der Waals surface area (Å²) in [5.74, 6) is 0.852. The van der Waals surface area contributed by atoms with Crippen molar-refractivity contribution in [1.82, 2.24) is 14.7 Å². The van der Waals surface area contributed by atoms with E-state index in [1.807, 2.05) is 0 Å². The van der Waals surface area contributed by atoms with E-state index in [9.17, 15) is 4.79 Å². The molecule has 1 fully saturated rings. The van der Waals surface area contributed by atoms with Crippen LogP contribution < -0.4 is 0 Å². The number of ketones is 1. The molecule has 6 heteroatoms. The molecule has 0 bridgehead atoms. The lowest BCUT2D eigenvalue weighted by Crippen LogP contribution is -2.43. The Balaban J connectivity index is 1.67. The molecule has 0 saturated carbocycles. The molecule has 0 aromatic carbocycles. The molecular formula is C27H37N5O. The lowest BCUT2D eigenvalue weighted by atomic mass is 9.79. The van der Waals surface area contributed by atoms with E-state index in [1.165, 1.54) is 11.3 Å². The maximum absolute atomic E-state index is 13.6. The fourth-order valence-corrected chi connectivity index (χ4v) is 4.93. The summed E-state index contributed by atoms with van der Waals surface area (Å²) in [6, 6.07) is 0. The minimum Gasteiger partial charge on any atom is -0.369 e. The number of carbonyl (C=O) groups is 1. The van der Waals surface area contributed by atoms with Gasteiger partial charge in [-0.15, -0.1) is 0 Å². The molecule has 2 aliphatic carbocycles. The predicted molar refractivity (Wildman–Crippen MR) is 136 cm³/mol. The van der Waals surface area contributed by atoms with Crippen molar-refractivity contribution in [2.75, 3.05) is 46.3 Å². The topological polar surface area (TPSA) is 51.5 Å². The van der Waals surface area contributed by atoms with E-state index in [0.717, 1.165) is 86.2 Å². The summed E-state index contributed by atoms with van der Waals surface area (Å²) in [7, 11) is 2.17. The van der Waals surface area contributed by atoms with Crippen LogP contribution in [0.25, 0.3) is 0 Å². The number of carbonyl (C=O) groups excluding carboxylic acids is 1. The van der Waals surface area contributed by atoms with Crippen molar-refractivity contribution in [3.63, 3.8) is 0 Å². The van der Waals surface area contributed by atoms with Crippen LogP contribution in [-0.2, 0) is 4.79 Å². The zero-order valence-electron chi connectivity index (χ0n) is 20.8. The summed E-state index contributed by atoms with van der Waals surface area (Å²) < 4.78 is 0. The van der Waals surface area contributed by atoms with Gasteiger partial charge >= 0.3 is 0 Å². The van der Waals surface area contributed by atoms with Crippen LogP contribution in [-0.4, -0.2) is 78.5 Å². The molecule has 0 amide bonds. The number of hydrogen-bond donors (Lipinski definition) is 0. The van der Waals surface area contributed by atoms with Crippen LogP contribution in [0.1, 0.15) is 47.0 Å². The highest BCUT2D eigenvalue weighted by Crippen LogP contribution is 2.38. The van der Waals surface area contributed by atoms with E-state index in [4.69, 9.17) is 9.98 Å². The molecule has 0 spiro atoms. The predicted octanol–water partition coefficient (Wildman–Crippen LogP) is 4.11. The molecule has 0 aromatic heterocycles. The zero-order chi connectivity index (χ0) is 23.5. The number of rotatable bonds is 6. The van der Waals surface area contributed by atoms with Crippen LogP contribution in [0.15, 0.2) is 68.0 Å². The third-order valence-electron chi connectivity index (χ3n) is 6.92. The number of guanidine groups is 1. The van der Waals surface area contributed by atoms with Gasteiger partial charge in [0.1, 0.15) is 11.4 Å². The van der Waals surface area contributed by atoms with Crippen molar-refractivity contribution in [3.8, 4) is 0 Å². The van der Waals surface area contributed by atoms with Gasteiger partial charge in [-0.1, -0.05) is 23.8 Å². The first kappa shape index (κ1) is 23.4. The summed E-state index contributed by atoms with van der Waals surface area (Å²) >= 11 is 0. The third-order valence-corrected chi connectivity index (χ3v) is 6.92. The smallest absolute Gasteiger partial charge is 0.226 e. The zero-order valence-corrected chi connectivity index (χ0v) is 20.8. The van der Waals surface area contributed by atoms with Gasteiger partial charge in [-0.05, 0) is 60.1 Å². The van der Waals surface area contributed by atoms with Gasteiger partial charge in [0.2, 0.25) is 5.96 Å². The Kier molecular flexibility index (Phi) is 7.13. The summed E-state index contributed by atoms with van der Waals surface area (Å²) in [6.45, 7) is 14.4. The Bertz CT molecular complexity index is 1020. The average Bonchev–Trinajstić information content (AvgIpc) is 3.27. The van der Waals surface area contributed by atoms with Gasteiger partial charge in [0.15, 0.2) is 5.78 Å². The van der Waals surface area contributed by atoms with E-state index in [2.05, 4.69) is 73.7 Å². The fraction of sp³-hybridized carbons (Fsp3) is 0.519. The van der Waals surface area contributed by atoms with Crippen LogP contribution in [0.5, 0.6) is 0 Å². The normalized spacial score (nSPS) is 22.0. The molecule has 0 aromatic rings. The minimum absolute atomic E-state index is 0.119. The fourth-order valence-electron chi connectivity index (χ4n) is 4.93. The number of aliphatic imine (C=N–C) groups is 2. The highest BCUT2D eigenvalue weighted by Gasteiger charge is 2.37. The number of likely N-dealkylation sites (N-methyl/N-ethyl adjacent to an activating group) is 1. The number of piperazine rings is 1. The summed E-state index contributed by atoms with van der Waals surface area (Å²) in [5, 5.41) is 0. The molecule has 6 nitrogen and oxygen atoms in total. The van der Waals surface area contributed by atoms with Crippen molar-refractivity contribution in [2.24, 2.45) is 9.98 Å². The molecule has 0 radical (unpaired) electrons. The van der Waals surface area contributed by atoms with Crippen molar-refractivity contribution < 1.29 is 4.79 Å². The van der Waals surface area contributed by atoms with Crippen LogP contribution in [0.2, 0.25) is 0 Å². The molecule has 1 saturated heterocycles. The lowest BCUT2D eigenvalue weighted by Gasteiger charge is -2.35. The first-order valence-electron chi connectivity index (χ1n) is 12.3. The summed E-state index contributed by atoms with van der Waals surface area (Å²) in [5.41, 5.74) is 6.64. The van der Waals surface area contributed by atoms with Crippen LogP contribution in [0, 0.1) is 0 Å². The molecule has 0 unspecified atom stereocenters. The Morgan fingerprint density at radius 2 is 1.73 bits per heavy atom. The molecule has 4 aliphatic rings. The maximum atomic E-state index is 13.6. The number of allylic oxidation sites excluding steroid dienone is 8. The third kappa shape index (κ3) is 4.67. The van der Waals surface area contributed by atoms with Gasteiger partial charge < -0.3 is 14.7 Å². The van der Waals surface area contributed by atoms with Gasteiger partial charge in [-0.3, -0.25) is 4.79 Å². The van der Waals surface area contributed by atoms with Gasteiger partial charge in [0, 0.05) is 61.7 Å². The quantitative estimate of drug-likeness (QED) is 0.575. The molecule has 176 valence electrons. The number of hydrogen-bond acceptors (Lipinski definition) is 6. The summed E-state index contributed by atoms with van der Waals surface area (Å²) in [4.78, 5) is 30.4. The van der Waals surface area contributed by atoms with E-state index in [-0.39, 0.29) is 5.78 Å². The molecule has 33 heavy (non-hydrogen) atoms. The molecule has 0 N–H and O–H groups in total. The minimum atomic E-state index is 0.119. The van der Waals surface area contributed by atoms with E-state index < -0.39 is 0 Å². The first-order valence-corrected chi connectivity index (χ1v) is 12.3. The van der Waals surface area contributed by atoms with Crippen LogP contribution in [0.4, 0.5) is 0 Å². The Hall–Kier alpha value is -2.73. The standard InChI is InChI=1S/C27H37N5O/c1-6-20(32-15-13-30(5)14-16-32)17-19(4)18-23-25-24(28-27(29-25)31(7-2)8-3)21-11-9-10-12-22(21)26(23)33/h6,11-12,17H,7-10,13-16,18H2,1-5H3/b19-17-,20-6+. The first-order chi connectivity index (χ1) is 16.0. The number of nitrogens with zero attached hydrogens (tertiary/aromatic N) is 5. The van der Waals surface area contributed by atoms with Crippen molar-refractivity contribution >= 4 is 17.5 Å². The second-order valence-corrected chi connectivity index (χ2v) is 9.19. The van der Waals surface area contributed by atoms with Gasteiger partial charge in [0.05, 0.1) is 0 Å². The van der Waals surface area contributed by atoms with E-state index >= 15 is 0 Å². The molecule has 0 atom stereocenters. The Labute approximate surface area is 198 Å². The highest BCUT2D eigenvalue weighted by atomic mass is 16.1. The second-order valence-electron chi connectivity index (χ2n) is 9.19. The summed E-state index contributed by atoms with van der Waals surface area (Å²) in [6.07, 6.45) is 11.1. The monoisotopic (exact) mass is 447 g/mol. The molecule has 2 aliphatic heterocycles. The van der Waals surface area contributed by atoms with E-state index in [1.54, 1.807) is 0 Å². The van der Waals surface area contributed by atoms with Crippen LogP contribution >= 0.6 is 0 Å².